The first kappa shape index (κ1) is 17.5. The molecule has 1 aromatic rings. The molecule has 2 atom stereocenters. The Hall–Kier alpha value is -1.83. The zero-order chi connectivity index (χ0) is 17.0. The van der Waals surface area contributed by atoms with E-state index in [1.54, 1.807) is 18.4 Å². The zero-order valence-electron chi connectivity index (χ0n) is 14.4. The molecular weight excluding hydrogens is 314 g/mol. The molecule has 0 aromatic carbocycles. The van der Waals surface area contributed by atoms with Crippen LogP contribution in [0.25, 0.3) is 0 Å². The maximum atomic E-state index is 11.8. The normalized spacial score (nSPS) is 21.4. The molecule has 8 heteroatoms. The number of guanidine groups is 1. The van der Waals surface area contributed by atoms with Crippen molar-refractivity contribution in [2.45, 2.75) is 13.5 Å². The van der Waals surface area contributed by atoms with Gasteiger partial charge >= 0.3 is 5.97 Å². The van der Waals surface area contributed by atoms with Crippen LogP contribution in [-0.2, 0) is 16.1 Å². The Morgan fingerprint density at radius 3 is 2.87 bits per heavy atom. The number of likely N-dealkylation sites (tertiary alicyclic amines) is 1. The Morgan fingerprint density at radius 1 is 1.57 bits per heavy atom. The number of ether oxygens (including phenoxy) is 1. The lowest BCUT2D eigenvalue weighted by Crippen LogP contribution is -2.40. The van der Waals surface area contributed by atoms with Gasteiger partial charge in [0, 0.05) is 39.6 Å². The number of hydrogen-bond donors (Lipinski definition) is 1. The van der Waals surface area contributed by atoms with Crippen LogP contribution in [0.4, 0.5) is 5.13 Å². The summed E-state index contributed by atoms with van der Waals surface area (Å²) in [5.41, 5.74) is 0.983. The first-order valence-electron chi connectivity index (χ1n) is 7.61. The molecule has 7 nitrogen and oxygen atoms in total. The van der Waals surface area contributed by atoms with E-state index in [-0.39, 0.29) is 17.8 Å². The average Bonchev–Trinajstić information content (AvgIpc) is 3.14. The van der Waals surface area contributed by atoms with E-state index in [0.717, 1.165) is 23.3 Å². The summed E-state index contributed by atoms with van der Waals surface area (Å²) >= 11 is 1.62. The van der Waals surface area contributed by atoms with E-state index in [1.165, 1.54) is 7.11 Å². The number of esters is 1. The Bertz CT molecular complexity index is 572. The topological polar surface area (TPSA) is 70.1 Å². The minimum absolute atomic E-state index is 0.0989. The van der Waals surface area contributed by atoms with E-state index in [0.29, 0.717) is 13.1 Å². The van der Waals surface area contributed by atoms with E-state index in [2.05, 4.69) is 27.1 Å². The molecule has 1 saturated heterocycles. The van der Waals surface area contributed by atoms with Gasteiger partial charge in [0.2, 0.25) is 0 Å². The molecule has 128 valence electrons. The monoisotopic (exact) mass is 339 g/mol. The Balaban J connectivity index is 1.94. The van der Waals surface area contributed by atoms with Crippen molar-refractivity contribution in [1.82, 2.24) is 15.2 Å². The summed E-state index contributed by atoms with van der Waals surface area (Å²) < 4.78 is 4.88. The van der Waals surface area contributed by atoms with Gasteiger partial charge in [0.25, 0.3) is 0 Å². The van der Waals surface area contributed by atoms with Crippen molar-refractivity contribution in [3.63, 3.8) is 0 Å². The predicted octanol–water partition coefficient (Wildman–Crippen LogP) is 1.03. The van der Waals surface area contributed by atoms with Crippen molar-refractivity contribution >= 4 is 28.4 Å². The molecular formula is C15H25N5O2S. The van der Waals surface area contributed by atoms with Crippen molar-refractivity contribution in [2.75, 3.05) is 46.2 Å². The molecule has 23 heavy (non-hydrogen) atoms. The van der Waals surface area contributed by atoms with Crippen LogP contribution in [0.1, 0.15) is 12.6 Å². The number of nitrogens with zero attached hydrogens (tertiary/aromatic N) is 4. The number of aromatic nitrogens is 1. The lowest BCUT2D eigenvalue weighted by molar-refractivity contribution is -0.145. The molecule has 1 aliphatic heterocycles. The average molecular weight is 339 g/mol. The molecule has 0 saturated carbocycles. The van der Waals surface area contributed by atoms with Gasteiger partial charge in [0.05, 0.1) is 25.3 Å². The van der Waals surface area contributed by atoms with Crippen molar-refractivity contribution < 1.29 is 9.53 Å². The van der Waals surface area contributed by atoms with Crippen LogP contribution >= 0.6 is 11.3 Å². The van der Waals surface area contributed by atoms with E-state index < -0.39 is 0 Å². The van der Waals surface area contributed by atoms with Crippen molar-refractivity contribution in [3.05, 3.63) is 11.1 Å². The number of nitrogens with one attached hydrogen (secondary N) is 1. The van der Waals surface area contributed by atoms with Crippen LogP contribution in [0.2, 0.25) is 0 Å². The van der Waals surface area contributed by atoms with Gasteiger partial charge in [-0.3, -0.25) is 9.79 Å². The maximum absolute atomic E-state index is 11.8. The minimum Gasteiger partial charge on any atom is -0.469 e. The van der Waals surface area contributed by atoms with Crippen LogP contribution in [0.5, 0.6) is 0 Å². The smallest absolute Gasteiger partial charge is 0.310 e. The summed E-state index contributed by atoms with van der Waals surface area (Å²) in [5, 5.41) is 6.35. The third-order valence-electron chi connectivity index (χ3n) is 3.98. The maximum Gasteiger partial charge on any atom is 0.310 e. The van der Waals surface area contributed by atoms with Crippen LogP contribution < -0.4 is 10.2 Å². The molecule has 0 radical (unpaired) electrons. The fourth-order valence-electron chi connectivity index (χ4n) is 2.68. The summed E-state index contributed by atoms with van der Waals surface area (Å²) in [4.78, 5) is 24.8. The van der Waals surface area contributed by atoms with Crippen LogP contribution in [0, 0.1) is 11.8 Å². The van der Waals surface area contributed by atoms with Gasteiger partial charge in [-0.25, -0.2) is 4.98 Å². The number of thiazole rings is 1. The molecule has 1 fully saturated rings. The van der Waals surface area contributed by atoms with E-state index in [1.807, 2.05) is 24.4 Å². The van der Waals surface area contributed by atoms with Crippen molar-refractivity contribution in [2.24, 2.45) is 16.8 Å². The highest BCUT2D eigenvalue weighted by Crippen LogP contribution is 2.24. The molecule has 0 spiro atoms. The molecule has 0 aliphatic carbocycles. The summed E-state index contributed by atoms with van der Waals surface area (Å²) in [5.74, 6) is 0.798. The second-order valence-corrected chi connectivity index (χ2v) is 6.77. The Morgan fingerprint density at radius 2 is 2.30 bits per heavy atom. The number of anilines is 1. The van der Waals surface area contributed by atoms with Crippen LogP contribution in [0.15, 0.2) is 10.4 Å². The standard InChI is InChI=1S/C15H25N5O2S/c1-10-7-20(8-12(10)13(21)22-5)14(16-2)17-6-11-9-23-15(18-11)19(3)4/h9-10,12H,6-8H2,1-5H3,(H,16,17). The van der Waals surface area contributed by atoms with Gasteiger partial charge in [-0.1, -0.05) is 6.92 Å². The van der Waals surface area contributed by atoms with Crippen LogP contribution in [0.3, 0.4) is 0 Å². The van der Waals surface area contributed by atoms with Crippen LogP contribution in [-0.4, -0.2) is 63.2 Å². The molecule has 0 bridgehead atoms. The van der Waals surface area contributed by atoms with E-state index in [4.69, 9.17) is 4.74 Å². The second kappa shape index (κ2) is 7.63. The van der Waals surface area contributed by atoms with Gasteiger partial charge in [0.1, 0.15) is 0 Å². The summed E-state index contributed by atoms with van der Waals surface area (Å²) in [6.07, 6.45) is 0. The Kier molecular flexibility index (Phi) is 5.81. The predicted molar refractivity (Wildman–Crippen MR) is 92.9 cm³/mol. The number of methoxy groups -OCH3 is 1. The molecule has 2 unspecified atom stereocenters. The number of hydrogen-bond acceptors (Lipinski definition) is 6. The van der Waals surface area contributed by atoms with Gasteiger partial charge in [-0.05, 0) is 5.92 Å². The minimum atomic E-state index is -0.148. The van der Waals surface area contributed by atoms with Crippen molar-refractivity contribution in [3.8, 4) is 0 Å². The van der Waals surface area contributed by atoms with E-state index in [9.17, 15) is 4.79 Å². The third-order valence-corrected chi connectivity index (χ3v) is 5.03. The molecule has 2 heterocycles. The summed E-state index contributed by atoms with van der Waals surface area (Å²) in [6.45, 7) is 4.11. The van der Waals surface area contributed by atoms with Gasteiger partial charge in [-0.15, -0.1) is 11.3 Å². The molecule has 1 N–H and O–H groups in total. The second-order valence-electron chi connectivity index (χ2n) is 5.93. The SMILES string of the molecule is CN=C(NCc1csc(N(C)C)n1)N1CC(C)C(C(=O)OC)C1. The third kappa shape index (κ3) is 4.13. The molecule has 1 aliphatic rings. The highest BCUT2D eigenvalue weighted by atomic mass is 32.1. The molecule has 2 rings (SSSR count). The highest BCUT2D eigenvalue weighted by molar-refractivity contribution is 7.13. The fourth-order valence-corrected chi connectivity index (χ4v) is 3.44. The lowest BCUT2D eigenvalue weighted by atomic mass is 9.99. The molecule has 0 amide bonds. The van der Waals surface area contributed by atoms with Gasteiger partial charge in [-0.2, -0.15) is 0 Å². The van der Waals surface area contributed by atoms with Gasteiger partial charge < -0.3 is 19.9 Å². The first-order valence-corrected chi connectivity index (χ1v) is 8.49. The number of carbonyl (C=O) groups excluding carboxylic acids is 1. The summed E-state index contributed by atoms with van der Waals surface area (Å²) in [7, 11) is 7.15. The zero-order valence-corrected chi connectivity index (χ0v) is 15.2. The highest BCUT2D eigenvalue weighted by Gasteiger charge is 2.36. The van der Waals surface area contributed by atoms with Gasteiger partial charge in [0.15, 0.2) is 11.1 Å². The molecule has 1 aromatic heterocycles. The number of carbonyl (C=O) groups is 1. The Labute approximate surface area is 141 Å². The summed E-state index contributed by atoms with van der Waals surface area (Å²) in [6, 6.07) is 0. The van der Waals surface area contributed by atoms with E-state index >= 15 is 0 Å². The van der Waals surface area contributed by atoms with Crippen molar-refractivity contribution in [1.29, 1.82) is 0 Å². The quantitative estimate of drug-likeness (QED) is 0.502. The lowest BCUT2D eigenvalue weighted by Gasteiger charge is -2.21. The number of aliphatic imine (C=N–C) groups is 1. The number of rotatable bonds is 4. The largest absolute Gasteiger partial charge is 0.469 e. The first-order chi connectivity index (χ1) is 11.0. The fraction of sp³-hybridized carbons (Fsp3) is 0.667.